The van der Waals surface area contributed by atoms with E-state index in [0.717, 1.165) is 11.1 Å². The molecule has 1 aromatic heterocycles. The van der Waals surface area contributed by atoms with Crippen LogP contribution in [-0.4, -0.2) is 24.3 Å². The van der Waals surface area contributed by atoms with Crippen LogP contribution in [0.4, 0.5) is 5.69 Å². The van der Waals surface area contributed by atoms with Gasteiger partial charge in [-0.1, -0.05) is 29.4 Å². The maximum absolute atomic E-state index is 11.6. The summed E-state index contributed by atoms with van der Waals surface area (Å²) >= 11 is 0. The lowest BCUT2D eigenvalue weighted by Crippen LogP contribution is -2.14. The molecule has 0 bridgehead atoms. The summed E-state index contributed by atoms with van der Waals surface area (Å²) in [6, 6.07) is 14.9. The van der Waals surface area contributed by atoms with Crippen molar-refractivity contribution in [2.24, 2.45) is 0 Å². The number of nitrogens with zero attached hydrogens (tertiary/aromatic N) is 2. The molecule has 130 valence electrons. The molecule has 0 aliphatic heterocycles. The Bertz CT molecular complexity index is 963. The smallest absolute Gasteiger partial charge is 0.232 e. The molecule has 0 aliphatic rings. The van der Waals surface area contributed by atoms with Gasteiger partial charge in [-0.25, -0.2) is 8.42 Å². The summed E-state index contributed by atoms with van der Waals surface area (Å²) in [6.07, 6.45) is 0.577. The molecule has 0 saturated carbocycles. The van der Waals surface area contributed by atoms with Crippen molar-refractivity contribution < 1.29 is 12.9 Å². The first kappa shape index (κ1) is 17.2. The third-order valence-electron chi connectivity index (χ3n) is 3.87. The van der Waals surface area contributed by atoms with E-state index >= 15 is 0 Å². The monoisotopic (exact) mass is 357 g/mol. The molecule has 0 fully saturated rings. The number of sulfonamides is 1. The lowest BCUT2D eigenvalue weighted by Gasteiger charge is -2.05. The molecule has 6 nitrogen and oxygen atoms in total. The van der Waals surface area contributed by atoms with E-state index in [-0.39, 0.29) is 5.75 Å². The van der Waals surface area contributed by atoms with Crippen molar-refractivity contribution in [3.05, 3.63) is 65.5 Å². The van der Waals surface area contributed by atoms with Crippen LogP contribution >= 0.6 is 0 Å². The van der Waals surface area contributed by atoms with Gasteiger partial charge in [0.25, 0.3) is 0 Å². The average Bonchev–Trinajstić information content (AvgIpc) is 3.06. The maximum Gasteiger partial charge on any atom is 0.232 e. The Morgan fingerprint density at radius 3 is 2.48 bits per heavy atom. The van der Waals surface area contributed by atoms with Crippen LogP contribution in [-0.2, 0) is 16.4 Å². The summed E-state index contributed by atoms with van der Waals surface area (Å²) in [6.45, 7) is 3.63. The van der Waals surface area contributed by atoms with Gasteiger partial charge in [-0.2, -0.15) is 4.98 Å². The third-order valence-corrected chi connectivity index (χ3v) is 5.17. The summed E-state index contributed by atoms with van der Waals surface area (Å²) in [5.74, 6) is 1.05. The third kappa shape index (κ3) is 4.24. The van der Waals surface area contributed by atoms with E-state index in [0.29, 0.717) is 23.8 Å². The molecule has 0 radical (unpaired) electrons. The number of rotatable bonds is 6. The van der Waals surface area contributed by atoms with Crippen LogP contribution in [0.15, 0.2) is 53.1 Å². The molecule has 1 heterocycles. The lowest BCUT2D eigenvalue weighted by molar-refractivity contribution is 0.385. The first-order chi connectivity index (χ1) is 12.0. The lowest BCUT2D eigenvalue weighted by atomic mass is 10.1. The predicted octanol–water partition coefficient (Wildman–Crippen LogP) is 3.40. The normalized spacial score (nSPS) is 11.4. The van der Waals surface area contributed by atoms with Crippen molar-refractivity contribution in [1.29, 1.82) is 0 Å². The standard InChI is InChI=1S/C18H19N3O3S/c1-3-25(22,23)21-16-10-8-14(9-11-16)18-19-17(24-20-18)12-15-7-5-4-6-13(15)2/h4-11,21H,3,12H2,1-2H3. The highest BCUT2D eigenvalue weighted by atomic mass is 32.2. The largest absolute Gasteiger partial charge is 0.339 e. The van der Waals surface area contributed by atoms with Gasteiger partial charge in [-0.15, -0.1) is 0 Å². The second-order valence-corrected chi connectivity index (χ2v) is 7.71. The van der Waals surface area contributed by atoms with Gasteiger partial charge in [-0.05, 0) is 49.2 Å². The highest BCUT2D eigenvalue weighted by molar-refractivity contribution is 7.92. The van der Waals surface area contributed by atoms with E-state index < -0.39 is 10.0 Å². The van der Waals surface area contributed by atoms with Gasteiger partial charge in [0.1, 0.15) is 0 Å². The Kier molecular flexibility index (Phi) is 4.85. The zero-order chi connectivity index (χ0) is 17.9. The zero-order valence-corrected chi connectivity index (χ0v) is 14.9. The van der Waals surface area contributed by atoms with E-state index in [1.165, 1.54) is 5.56 Å². The van der Waals surface area contributed by atoms with Gasteiger partial charge in [0.2, 0.25) is 21.7 Å². The molecule has 3 rings (SSSR count). The summed E-state index contributed by atoms with van der Waals surface area (Å²) in [7, 11) is -3.28. The first-order valence-corrected chi connectivity index (χ1v) is 9.60. The van der Waals surface area contributed by atoms with Crippen molar-refractivity contribution >= 4 is 15.7 Å². The van der Waals surface area contributed by atoms with Crippen molar-refractivity contribution in [3.8, 4) is 11.4 Å². The fourth-order valence-electron chi connectivity index (χ4n) is 2.35. The Morgan fingerprint density at radius 1 is 1.08 bits per heavy atom. The number of aromatic nitrogens is 2. The topological polar surface area (TPSA) is 85.1 Å². The van der Waals surface area contributed by atoms with Crippen LogP contribution < -0.4 is 4.72 Å². The molecule has 3 aromatic rings. The Morgan fingerprint density at radius 2 is 1.80 bits per heavy atom. The van der Waals surface area contributed by atoms with Crippen LogP contribution in [0.5, 0.6) is 0 Å². The van der Waals surface area contributed by atoms with Crippen LogP contribution in [0.2, 0.25) is 0 Å². The summed E-state index contributed by atoms with van der Waals surface area (Å²) in [4.78, 5) is 4.42. The van der Waals surface area contributed by atoms with Gasteiger partial charge < -0.3 is 4.52 Å². The van der Waals surface area contributed by atoms with Gasteiger partial charge in [0, 0.05) is 11.3 Å². The Balaban J connectivity index is 1.75. The predicted molar refractivity (Wildman–Crippen MR) is 96.8 cm³/mol. The maximum atomic E-state index is 11.6. The summed E-state index contributed by atoms with van der Waals surface area (Å²) < 4.78 is 31.0. The number of anilines is 1. The van der Waals surface area contributed by atoms with Gasteiger partial charge in [0.05, 0.1) is 12.2 Å². The molecule has 0 amide bonds. The Hall–Kier alpha value is -2.67. The SMILES string of the molecule is CCS(=O)(=O)Nc1ccc(-c2noc(Cc3ccccc3C)n2)cc1. The van der Waals surface area contributed by atoms with E-state index in [4.69, 9.17) is 4.52 Å². The Labute approximate surface area is 147 Å². The van der Waals surface area contributed by atoms with Crippen molar-refractivity contribution in [2.45, 2.75) is 20.3 Å². The second kappa shape index (κ2) is 7.06. The van der Waals surface area contributed by atoms with Crippen molar-refractivity contribution in [3.63, 3.8) is 0 Å². The molecule has 0 aliphatic carbocycles. The van der Waals surface area contributed by atoms with Gasteiger partial charge in [-0.3, -0.25) is 4.72 Å². The number of nitrogens with one attached hydrogen (secondary N) is 1. The quantitative estimate of drug-likeness (QED) is 0.731. The highest BCUT2D eigenvalue weighted by Gasteiger charge is 2.11. The molecule has 2 aromatic carbocycles. The van der Waals surface area contributed by atoms with E-state index in [9.17, 15) is 8.42 Å². The van der Waals surface area contributed by atoms with Crippen LogP contribution in [0.1, 0.15) is 23.9 Å². The zero-order valence-electron chi connectivity index (χ0n) is 14.1. The fraction of sp³-hybridized carbons (Fsp3) is 0.222. The molecule has 1 N–H and O–H groups in total. The summed E-state index contributed by atoms with van der Waals surface area (Å²) in [5.41, 5.74) is 3.59. The molecule has 7 heteroatoms. The number of aryl methyl sites for hydroxylation is 1. The average molecular weight is 357 g/mol. The molecule has 0 spiro atoms. The van der Waals surface area contributed by atoms with Crippen molar-refractivity contribution in [1.82, 2.24) is 10.1 Å². The first-order valence-electron chi connectivity index (χ1n) is 7.95. The minimum Gasteiger partial charge on any atom is -0.339 e. The number of hydrogen-bond acceptors (Lipinski definition) is 5. The van der Waals surface area contributed by atoms with E-state index in [2.05, 4.69) is 14.9 Å². The molecule has 25 heavy (non-hydrogen) atoms. The molecule has 0 saturated heterocycles. The van der Waals surface area contributed by atoms with Crippen LogP contribution in [0.3, 0.4) is 0 Å². The fourth-order valence-corrected chi connectivity index (χ4v) is 2.99. The molecular weight excluding hydrogens is 338 g/mol. The van der Waals surface area contributed by atoms with Crippen molar-refractivity contribution in [2.75, 3.05) is 10.5 Å². The second-order valence-electron chi connectivity index (χ2n) is 5.70. The van der Waals surface area contributed by atoms with Gasteiger partial charge in [0.15, 0.2) is 0 Å². The van der Waals surface area contributed by atoms with E-state index in [1.807, 2.05) is 31.2 Å². The number of benzene rings is 2. The number of hydrogen-bond donors (Lipinski definition) is 1. The van der Waals surface area contributed by atoms with Gasteiger partial charge >= 0.3 is 0 Å². The van der Waals surface area contributed by atoms with E-state index in [1.54, 1.807) is 31.2 Å². The minimum atomic E-state index is -3.28. The molecule has 0 atom stereocenters. The minimum absolute atomic E-state index is 0.0296. The molecule has 0 unspecified atom stereocenters. The highest BCUT2D eigenvalue weighted by Crippen LogP contribution is 2.21. The van der Waals surface area contributed by atoms with Crippen LogP contribution in [0.25, 0.3) is 11.4 Å². The van der Waals surface area contributed by atoms with Crippen LogP contribution in [0, 0.1) is 6.92 Å². The summed E-state index contributed by atoms with van der Waals surface area (Å²) in [5, 5.41) is 4.01. The molecular formula is C18H19N3O3S.